The first-order chi connectivity index (χ1) is 10.5. The maximum Gasteiger partial charge on any atom is 0.312 e. The zero-order valence-electron chi connectivity index (χ0n) is 11.7. The third kappa shape index (κ3) is 2.31. The van der Waals surface area contributed by atoms with Crippen molar-refractivity contribution in [1.82, 2.24) is 0 Å². The number of nitro benzene ring substituents is 1. The van der Waals surface area contributed by atoms with Crippen molar-refractivity contribution in [1.29, 1.82) is 0 Å². The van der Waals surface area contributed by atoms with Crippen molar-refractivity contribution in [3.8, 4) is 11.3 Å². The van der Waals surface area contributed by atoms with E-state index >= 15 is 0 Å². The van der Waals surface area contributed by atoms with Gasteiger partial charge in [0, 0.05) is 23.4 Å². The molecule has 0 fully saturated rings. The van der Waals surface area contributed by atoms with Gasteiger partial charge in [-0.25, -0.2) is 0 Å². The van der Waals surface area contributed by atoms with Crippen molar-refractivity contribution in [2.45, 2.75) is 6.92 Å². The summed E-state index contributed by atoms with van der Waals surface area (Å²) in [5.74, 6) is 0.247. The lowest BCUT2D eigenvalue weighted by Gasteiger charge is -2.05. The molecule has 0 aliphatic carbocycles. The second-order valence-corrected chi connectivity index (χ2v) is 5.02. The van der Waals surface area contributed by atoms with Gasteiger partial charge >= 0.3 is 5.69 Å². The lowest BCUT2D eigenvalue weighted by molar-refractivity contribution is -0.383. The molecule has 0 saturated heterocycles. The fraction of sp³-hybridized carbons (Fsp3) is 0.0625. The van der Waals surface area contributed by atoms with Gasteiger partial charge in [0.15, 0.2) is 5.43 Å². The molecule has 3 rings (SSSR count). The third-order valence-electron chi connectivity index (χ3n) is 3.32. The first-order valence-corrected chi connectivity index (χ1v) is 6.54. The number of nitrogens with zero attached hydrogens (tertiary/aromatic N) is 1. The normalized spacial score (nSPS) is 10.8. The number of aryl methyl sites for hydroxylation is 1. The Bertz CT molecular complexity index is 960. The minimum absolute atomic E-state index is 0.0273. The molecule has 6 nitrogen and oxygen atoms in total. The number of benzene rings is 2. The molecular weight excluding hydrogens is 284 g/mol. The molecule has 0 spiro atoms. The Morgan fingerprint density at radius 3 is 2.64 bits per heavy atom. The molecule has 0 radical (unpaired) electrons. The molecule has 22 heavy (non-hydrogen) atoms. The molecule has 0 saturated carbocycles. The summed E-state index contributed by atoms with van der Waals surface area (Å²) in [6, 6.07) is 11.1. The minimum atomic E-state index is -0.554. The molecule has 0 aliphatic rings. The first-order valence-electron chi connectivity index (χ1n) is 6.54. The van der Waals surface area contributed by atoms with Gasteiger partial charge in [-0.2, -0.15) is 0 Å². The smallest absolute Gasteiger partial charge is 0.312 e. The van der Waals surface area contributed by atoms with Gasteiger partial charge in [0.05, 0.1) is 10.3 Å². The Kier molecular flexibility index (Phi) is 3.14. The topological polar surface area (TPSA) is 99.4 Å². The van der Waals surface area contributed by atoms with E-state index in [1.807, 2.05) is 0 Å². The van der Waals surface area contributed by atoms with E-state index < -0.39 is 4.92 Å². The van der Waals surface area contributed by atoms with Crippen LogP contribution in [0.5, 0.6) is 0 Å². The van der Waals surface area contributed by atoms with Gasteiger partial charge in [0.1, 0.15) is 5.76 Å². The van der Waals surface area contributed by atoms with Crippen LogP contribution in [0.15, 0.2) is 51.7 Å². The molecule has 1 aromatic heterocycles. The van der Waals surface area contributed by atoms with Gasteiger partial charge in [-0.15, -0.1) is 0 Å². The van der Waals surface area contributed by atoms with E-state index in [2.05, 4.69) is 0 Å². The van der Waals surface area contributed by atoms with E-state index in [1.54, 1.807) is 37.3 Å². The molecule has 1 heterocycles. The predicted octanol–water partition coefficient (Wildman–Crippen LogP) is 3.26. The number of nitrogens with two attached hydrogens (primary N) is 1. The summed E-state index contributed by atoms with van der Waals surface area (Å²) in [4.78, 5) is 22.9. The van der Waals surface area contributed by atoms with E-state index in [-0.39, 0.29) is 27.8 Å². The van der Waals surface area contributed by atoms with E-state index in [0.29, 0.717) is 16.8 Å². The number of fused-ring (bicyclic) bond motifs is 1. The highest BCUT2D eigenvalue weighted by molar-refractivity contribution is 5.87. The molecule has 0 unspecified atom stereocenters. The standard InChI is InChI=1S/C16H12N2O4/c1-9-5-12-14(19)8-15(10-3-2-4-11(17)7-10)22-16(12)13(6-9)18(20)21/h2-8H,17H2,1H3. The van der Waals surface area contributed by atoms with Gasteiger partial charge in [0.25, 0.3) is 0 Å². The van der Waals surface area contributed by atoms with Gasteiger partial charge in [-0.05, 0) is 30.7 Å². The van der Waals surface area contributed by atoms with Crippen molar-refractivity contribution < 1.29 is 9.34 Å². The quantitative estimate of drug-likeness (QED) is 0.444. The lowest BCUT2D eigenvalue weighted by atomic mass is 10.1. The Labute approximate surface area is 124 Å². The Morgan fingerprint density at radius 1 is 1.18 bits per heavy atom. The summed E-state index contributed by atoms with van der Waals surface area (Å²) < 4.78 is 5.63. The second-order valence-electron chi connectivity index (χ2n) is 5.02. The fourth-order valence-corrected chi connectivity index (χ4v) is 2.35. The van der Waals surface area contributed by atoms with Crippen molar-refractivity contribution in [2.24, 2.45) is 0 Å². The summed E-state index contributed by atoms with van der Waals surface area (Å²) in [5, 5.41) is 11.4. The van der Waals surface area contributed by atoms with Crippen LogP contribution < -0.4 is 11.2 Å². The summed E-state index contributed by atoms with van der Waals surface area (Å²) in [5.41, 5.74) is 6.87. The van der Waals surface area contributed by atoms with Crippen LogP contribution >= 0.6 is 0 Å². The van der Waals surface area contributed by atoms with E-state index in [4.69, 9.17) is 10.2 Å². The summed E-state index contributed by atoms with van der Waals surface area (Å²) in [7, 11) is 0. The summed E-state index contributed by atoms with van der Waals surface area (Å²) in [6.07, 6.45) is 0. The number of anilines is 1. The van der Waals surface area contributed by atoms with Crippen molar-refractivity contribution in [3.05, 3.63) is 68.4 Å². The largest absolute Gasteiger partial charge is 0.449 e. The third-order valence-corrected chi connectivity index (χ3v) is 3.32. The van der Waals surface area contributed by atoms with Crippen LogP contribution in [0.3, 0.4) is 0 Å². The molecule has 0 bridgehead atoms. The Balaban J connectivity index is 2.37. The number of nitro groups is 1. The second kappa shape index (κ2) is 5.00. The molecule has 3 aromatic rings. The van der Waals surface area contributed by atoms with Gasteiger partial charge in [-0.3, -0.25) is 14.9 Å². The van der Waals surface area contributed by atoms with Crippen molar-refractivity contribution in [3.63, 3.8) is 0 Å². The van der Waals surface area contributed by atoms with E-state index in [9.17, 15) is 14.9 Å². The van der Waals surface area contributed by atoms with E-state index in [1.165, 1.54) is 12.1 Å². The molecule has 0 amide bonds. The SMILES string of the molecule is Cc1cc([N+](=O)[O-])c2oc(-c3cccc(N)c3)cc(=O)c2c1. The molecule has 0 atom stereocenters. The first kappa shape index (κ1) is 13.8. The Morgan fingerprint density at radius 2 is 1.95 bits per heavy atom. The monoisotopic (exact) mass is 296 g/mol. The fourth-order valence-electron chi connectivity index (χ4n) is 2.35. The number of non-ortho nitro benzene ring substituents is 1. The van der Waals surface area contributed by atoms with Gasteiger partial charge < -0.3 is 10.2 Å². The lowest BCUT2D eigenvalue weighted by Crippen LogP contribution is -2.03. The summed E-state index contributed by atoms with van der Waals surface area (Å²) >= 11 is 0. The van der Waals surface area contributed by atoms with Gasteiger partial charge in [-0.1, -0.05) is 12.1 Å². The predicted molar refractivity (Wildman–Crippen MR) is 83.7 cm³/mol. The van der Waals surface area contributed by atoms with Crippen molar-refractivity contribution >= 4 is 22.3 Å². The minimum Gasteiger partial charge on any atom is -0.449 e. The number of nitrogen functional groups attached to an aromatic ring is 1. The molecule has 110 valence electrons. The average molecular weight is 296 g/mol. The highest BCUT2D eigenvalue weighted by Gasteiger charge is 2.18. The van der Waals surface area contributed by atoms with Crippen molar-refractivity contribution in [2.75, 3.05) is 5.73 Å². The summed E-state index contributed by atoms with van der Waals surface area (Å²) in [6.45, 7) is 1.69. The molecule has 0 aliphatic heterocycles. The van der Waals surface area contributed by atoms with Crippen LogP contribution in [0.1, 0.15) is 5.56 Å². The van der Waals surface area contributed by atoms with Crippen LogP contribution in [0.25, 0.3) is 22.3 Å². The van der Waals surface area contributed by atoms with Crippen LogP contribution in [-0.2, 0) is 0 Å². The van der Waals surface area contributed by atoms with E-state index in [0.717, 1.165) is 0 Å². The number of hydrogen-bond acceptors (Lipinski definition) is 5. The van der Waals surface area contributed by atoms with Crippen LogP contribution in [0.4, 0.5) is 11.4 Å². The van der Waals surface area contributed by atoms with Crippen LogP contribution in [-0.4, -0.2) is 4.92 Å². The maximum absolute atomic E-state index is 12.3. The molecular formula is C16H12N2O4. The number of hydrogen-bond donors (Lipinski definition) is 1. The maximum atomic E-state index is 12.3. The number of rotatable bonds is 2. The zero-order chi connectivity index (χ0) is 15.9. The molecule has 2 aromatic carbocycles. The Hall–Kier alpha value is -3.15. The molecule has 2 N–H and O–H groups in total. The van der Waals surface area contributed by atoms with Crippen LogP contribution in [0, 0.1) is 17.0 Å². The average Bonchev–Trinajstić information content (AvgIpc) is 2.47. The van der Waals surface area contributed by atoms with Crippen LogP contribution in [0.2, 0.25) is 0 Å². The van der Waals surface area contributed by atoms with Gasteiger partial charge in [0.2, 0.25) is 5.58 Å². The molecule has 6 heteroatoms. The highest BCUT2D eigenvalue weighted by Crippen LogP contribution is 2.30. The zero-order valence-corrected chi connectivity index (χ0v) is 11.7. The highest BCUT2D eigenvalue weighted by atomic mass is 16.6.